The van der Waals surface area contributed by atoms with Crippen molar-refractivity contribution in [3.8, 4) is 11.5 Å². The van der Waals surface area contributed by atoms with Gasteiger partial charge in [-0.1, -0.05) is 35.9 Å². The first kappa shape index (κ1) is 23.3. The van der Waals surface area contributed by atoms with Crippen molar-refractivity contribution in [2.24, 2.45) is 0 Å². The van der Waals surface area contributed by atoms with E-state index >= 15 is 0 Å². The van der Waals surface area contributed by atoms with Gasteiger partial charge in [-0.25, -0.2) is 4.39 Å². The Labute approximate surface area is 166 Å². The van der Waals surface area contributed by atoms with Gasteiger partial charge in [-0.15, -0.1) is 0 Å². The topological polar surface area (TPSA) is 18.5 Å². The molecule has 0 saturated carbocycles. The van der Waals surface area contributed by atoms with Crippen LogP contribution in [0.5, 0.6) is 11.5 Å². The first-order valence-electron chi connectivity index (χ1n) is 7.69. The maximum absolute atomic E-state index is 13.7. The minimum absolute atomic E-state index is 0.223. The maximum atomic E-state index is 13.7. The third-order valence-electron chi connectivity index (χ3n) is 3.96. The van der Waals surface area contributed by atoms with Crippen LogP contribution in [0.3, 0.4) is 0 Å². The summed E-state index contributed by atoms with van der Waals surface area (Å²) in [4.78, 5) is 0. The molecule has 0 N–H and O–H groups in total. The number of hydrogen-bond donors (Lipinski definition) is 0. The summed E-state index contributed by atoms with van der Waals surface area (Å²) >= 11 is 0. The number of hydrogen-bond acceptors (Lipinski definition) is 2. The van der Waals surface area contributed by atoms with Crippen LogP contribution in [0.1, 0.15) is 12.0 Å². The number of methoxy groups -OCH3 is 1. The second-order valence-electron chi connectivity index (χ2n) is 6.14. The monoisotopic (exact) mass is 474 g/mol. The summed E-state index contributed by atoms with van der Waals surface area (Å²) in [5.41, 5.74) is 0.629. The number of benzene rings is 1. The van der Waals surface area contributed by atoms with Crippen molar-refractivity contribution in [3.63, 3.8) is 0 Å². The second kappa shape index (κ2) is 7.68. The van der Waals surface area contributed by atoms with E-state index in [0.717, 1.165) is 13.2 Å². The Morgan fingerprint density at radius 1 is 1.00 bits per heavy atom. The molecule has 1 aromatic rings. The first-order valence-corrected chi connectivity index (χ1v) is 11.6. The molecular formula is C16H15Cl2F7O2S. The standard InChI is InChI=1S/C16H15Cl2F7O2S/c1-26-11-8-9(4-3-7-28(2,17)18)5-6-10(11)27-13-12(19)14(20,21)16(24,25)15(13,22)23/h5-6,8H,3-4,7H2,1-2H3. The zero-order chi connectivity index (χ0) is 21.5. The van der Waals surface area contributed by atoms with E-state index in [1.807, 2.05) is 0 Å². The number of allylic oxidation sites excluding steroid dienone is 2. The summed E-state index contributed by atoms with van der Waals surface area (Å²) in [6, 6.07) is 3.73. The van der Waals surface area contributed by atoms with Gasteiger partial charge in [-0.2, -0.15) is 26.3 Å². The van der Waals surface area contributed by atoms with Crippen molar-refractivity contribution in [2.75, 3.05) is 19.1 Å². The molecule has 2 rings (SSSR count). The van der Waals surface area contributed by atoms with Gasteiger partial charge >= 0.3 is 17.8 Å². The highest BCUT2D eigenvalue weighted by atomic mass is 36.0. The van der Waals surface area contributed by atoms with Crippen molar-refractivity contribution in [2.45, 2.75) is 30.6 Å². The van der Waals surface area contributed by atoms with Gasteiger partial charge in [0.25, 0.3) is 0 Å². The van der Waals surface area contributed by atoms with Crippen molar-refractivity contribution < 1.29 is 40.2 Å². The fourth-order valence-corrected chi connectivity index (χ4v) is 3.76. The van der Waals surface area contributed by atoms with Crippen LogP contribution in [0.4, 0.5) is 30.7 Å². The molecule has 12 heteroatoms. The average molecular weight is 475 g/mol. The number of ether oxygens (including phenoxy) is 2. The normalized spacial score (nSPS) is 21.0. The minimum Gasteiger partial charge on any atom is -0.493 e. The molecule has 160 valence electrons. The zero-order valence-electron chi connectivity index (χ0n) is 14.5. The van der Waals surface area contributed by atoms with Crippen LogP contribution in [0.15, 0.2) is 29.8 Å². The second-order valence-corrected chi connectivity index (χ2v) is 12.9. The molecule has 0 radical (unpaired) electrons. The van der Waals surface area contributed by atoms with Gasteiger partial charge in [0, 0.05) is 5.75 Å². The molecule has 0 fully saturated rings. The summed E-state index contributed by atoms with van der Waals surface area (Å²) in [6.45, 7) is 0. The van der Waals surface area contributed by atoms with Crippen molar-refractivity contribution in [3.05, 3.63) is 35.3 Å². The first-order chi connectivity index (χ1) is 12.6. The lowest BCUT2D eigenvalue weighted by atomic mass is 10.1. The van der Waals surface area contributed by atoms with Gasteiger partial charge in [0.1, 0.15) is 0 Å². The van der Waals surface area contributed by atoms with Crippen LogP contribution in [-0.4, -0.2) is 36.9 Å². The number of alkyl halides is 6. The van der Waals surface area contributed by atoms with Gasteiger partial charge in [-0.05, 0) is 36.8 Å². The summed E-state index contributed by atoms with van der Waals surface area (Å²) in [5.74, 6) is -23.0. The molecule has 0 atom stereocenters. The van der Waals surface area contributed by atoms with Crippen LogP contribution in [-0.2, 0) is 6.42 Å². The van der Waals surface area contributed by atoms with E-state index in [1.165, 1.54) is 12.1 Å². The van der Waals surface area contributed by atoms with Gasteiger partial charge in [0.05, 0.1) is 7.11 Å². The zero-order valence-corrected chi connectivity index (χ0v) is 16.8. The Hall–Kier alpha value is -1.00. The van der Waals surface area contributed by atoms with Crippen molar-refractivity contribution in [1.29, 1.82) is 0 Å². The fourth-order valence-electron chi connectivity index (χ4n) is 2.46. The smallest absolute Gasteiger partial charge is 0.386 e. The Morgan fingerprint density at radius 3 is 2.07 bits per heavy atom. The van der Waals surface area contributed by atoms with Crippen LogP contribution < -0.4 is 9.47 Å². The molecule has 0 saturated heterocycles. The van der Waals surface area contributed by atoms with E-state index < -0.39 is 43.6 Å². The van der Waals surface area contributed by atoms with Gasteiger partial charge in [0.15, 0.2) is 11.5 Å². The third-order valence-corrected chi connectivity index (χ3v) is 5.89. The Kier molecular flexibility index (Phi) is 6.39. The van der Waals surface area contributed by atoms with Crippen molar-refractivity contribution >= 4 is 29.8 Å². The lowest BCUT2D eigenvalue weighted by molar-refractivity contribution is -0.272. The van der Waals surface area contributed by atoms with Gasteiger partial charge in [-0.3, -0.25) is 0 Å². The highest BCUT2D eigenvalue weighted by molar-refractivity contribution is 8.65. The molecule has 28 heavy (non-hydrogen) atoms. The molecule has 0 bridgehead atoms. The van der Waals surface area contributed by atoms with E-state index in [9.17, 15) is 30.7 Å². The molecule has 0 unspecified atom stereocenters. The van der Waals surface area contributed by atoms with Crippen LogP contribution in [0.25, 0.3) is 0 Å². The van der Waals surface area contributed by atoms with E-state index in [4.69, 9.17) is 26.1 Å². The Morgan fingerprint density at radius 2 is 1.61 bits per heavy atom. The predicted molar refractivity (Wildman–Crippen MR) is 95.0 cm³/mol. The average Bonchev–Trinajstić information content (AvgIpc) is 2.65. The lowest BCUT2D eigenvalue weighted by Crippen LogP contribution is -2.49. The van der Waals surface area contributed by atoms with Crippen LogP contribution in [0, 0.1) is 0 Å². The molecule has 0 amide bonds. The molecule has 0 spiro atoms. The molecule has 0 heterocycles. The molecular weight excluding hydrogens is 460 g/mol. The molecule has 1 aromatic carbocycles. The highest BCUT2D eigenvalue weighted by Gasteiger charge is 2.82. The molecule has 1 aliphatic rings. The minimum atomic E-state index is -5.97. The Balaban J connectivity index is 2.28. The summed E-state index contributed by atoms with van der Waals surface area (Å²) in [6.07, 6.45) is 2.73. The van der Waals surface area contributed by atoms with Crippen LogP contribution in [0.2, 0.25) is 0 Å². The summed E-state index contributed by atoms with van der Waals surface area (Å²) in [5, 5.41) is 0. The van der Waals surface area contributed by atoms with Gasteiger partial charge in [0.2, 0.25) is 11.6 Å². The van der Waals surface area contributed by atoms with Crippen LogP contribution >= 0.6 is 29.8 Å². The molecule has 0 aliphatic heterocycles. The molecule has 0 aromatic heterocycles. The number of aryl methyl sites for hydroxylation is 1. The maximum Gasteiger partial charge on any atom is 0.386 e. The molecule has 2 nitrogen and oxygen atoms in total. The summed E-state index contributed by atoms with van der Waals surface area (Å²) < 4.78 is 103. The highest BCUT2D eigenvalue weighted by Crippen LogP contribution is 2.60. The lowest BCUT2D eigenvalue weighted by Gasteiger charge is -2.24. The third kappa shape index (κ3) is 4.14. The number of halogens is 9. The molecule has 1 aliphatic carbocycles. The largest absolute Gasteiger partial charge is 0.493 e. The van der Waals surface area contributed by atoms with E-state index in [2.05, 4.69) is 4.74 Å². The quantitative estimate of drug-likeness (QED) is 0.402. The van der Waals surface area contributed by atoms with E-state index in [1.54, 1.807) is 6.26 Å². The predicted octanol–water partition coefficient (Wildman–Crippen LogP) is 6.85. The van der Waals surface area contributed by atoms with Crippen molar-refractivity contribution in [1.82, 2.24) is 0 Å². The number of rotatable bonds is 7. The van der Waals surface area contributed by atoms with E-state index in [0.29, 0.717) is 24.2 Å². The fraction of sp³-hybridized carbons (Fsp3) is 0.500. The van der Waals surface area contributed by atoms with E-state index in [-0.39, 0.29) is 5.75 Å². The SMILES string of the molecule is COc1cc(CCCS(C)(Cl)Cl)ccc1OC1=C(F)C(F)(F)C(F)(F)C1(F)F. The Bertz CT molecular complexity index is 779. The summed E-state index contributed by atoms with van der Waals surface area (Å²) in [7, 11) is 11.2. The van der Waals surface area contributed by atoms with Gasteiger partial charge < -0.3 is 9.47 Å².